The lowest BCUT2D eigenvalue weighted by Gasteiger charge is -2.17. The molecule has 0 saturated heterocycles. The van der Waals surface area contributed by atoms with Gasteiger partial charge in [-0.05, 0) is 12.8 Å². The zero-order chi connectivity index (χ0) is 10.3. The van der Waals surface area contributed by atoms with E-state index in [0.29, 0.717) is 6.42 Å². The van der Waals surface area contributed by atoms with Crippen molar-refractivity contribution in [2.24, 2.45) is 5.73 Å². The van der Waals surface area contributed by atoms with E-state index in [1.165, 1.54) is 0 Å². The fraction of sp³-hybridized carbons (Fsp3) is 0.889. The maximum absolute atomic E-state index is 11.3. The summed E-state index contributed by atoms with van der Waals surface area (Å²) in [6.07, 6.45) is 2.30. The number of amides is 1. The van der Waals surface area contributed by atoms with Crippen LogP contribution in [-0.4, -0.2) is 29.7 Å². The topological polar surface area (TPSA) is 75.4 Å². The summed E-state index contributed by atoms with van der Waals surface area (Å²) in [5.74, 6) is -0.164. The zero-order valence-corrected chi connectivity index (χ0v) is 8.42. The lowest BCUT2D eigenvalue weighted by Crippen LogP contribution is -2.46. The van der Waals surface area contributed by atoms with Crippen LogP contribution in [0.4, 0.5) is 0 Å². The number of nitrogens with two attached hydrogens (primary N) is 1. The van der Waals surface area contributed by atoms with Crippen LogP contribution in [0, 0.1) is 0 Å². The predicted molar refractivity (Wildman–Crippen MR) is 52.2 cm³/mol. The molecule has 0 radical (unpaired) electrons. The second kappa shape index (κ2) is 6.86. The Labute approximate surface area is 79.5 Å². The summed E-state index contributed by atoms with van der Waals surface area (Å²) in [6.45, 7) is 3.87. The fourth-order valence-electron chi connectivity index (χ4n) is 1.03. The first kappa shape index (κ1) is 12.4. The second-order valence-electron chi connectivity index (χ2n) is 3.19. The number of nitrogens with one attached hydrogen (secondary N) is 1. The third kappa shape index (κ3) is 4.85. The lowest BCUT2D eigenvalue weighted by molar-refractivity contribution is -0.123. The summed E-state index contributed by atoms with van der Waals surface area (Å²) in [4.78, 5) is 11.3. The summed E-state index contributed by atoms with van der Waals surface area (Å²) in [7, 11) is 0. The third-order valence-corrected chi connectivity index (χ3v) is 2.00. The molecule has 2 atom stereocenters. The van der Waals surface area contributed by atoms with E-state index in [0.717, 1.165) is 12.8 Å². The minimum absolute atomic E-state index is 0.0267. The van der Waals surface area contributed by atoms with Crippen molar-refractivity contribution >= 4 is 5.91 Å². The number of rotatable bonds is 6. The summed E-state index contributed by atoms with van der Waals surface area (Å²) in [6, 6.07) is -0.596. The molecular formula is C9H20N2O2. The molecule has 0 aromatic carbocycles. The lowest BCUT2D eigenvalue weighted by atomic mass is 10.1. The quantitative estimate of drug-likeness (QED) is 0.549. The van der Waals surface area contributed by atoms with Gasteiger partial charge in [-0.2, -0.15) is 0 Å². The largest absolute Gasteiger partial charge is 0.394 e. The smallest absolute Gasteiger partial charge is 0.237 e. The number of carbonyl (C=O) groups is 1. The molecule has 1 amide bonds. The maximum atomic E-state index is 11.3. The predicted octanol–water partition coefficient (Wildman–Crippen LogP) is 0.000900. The summed E-state index contributed by atoms with van der Waals surface area (Å²) in [5.41, 5.74) is 5.59. The average molecular weight is 188 g/mol. The Bertz CT molecular complexity index is 147. The second-order valence-corrected chi connectivity index (χ2v) is 3.19. The van der Waals surface area contributed by atoms with Gasteiger partial charge in [-0.15, -0.1) is 0 Å². The van der Waals surface area contributed by atoms with Gasteiger partial charge in [0.2, 0.25) is 5.91 Å². The Kier molecular flexibility index (Phi) is 6.54. The molecule has 0 aliphatic carbocycles. The molecule has 0 aliphatic heterocycles. The normalized spacial score (nSPS) is 15.1. The van der Waals surface area contributed by atoms with Crippen LogP contribution in [0.25, 0.3) is 0 Å². The van der Waals surface area contributed by atoms with Crippen molar-refractivity contribution in [3.05, 3.63) is 0 Å². The van der Waals surface area contributed by atoms with Crippen LogP contribution in [0.3, 0.4) is 0 Å². The molecule has 0 saturated carbocycles. The molecule has 0 heterocycles. The van der Waals surface area contributed by atoms with Gasteiger partial charge in [-0.1, -0.05) is 20.3 Å². The number of aliphatic hydroxyl groups excluding tert-OH is 1. The highest BCUT2D eigenvalue weighted by molar-refractivity contribution is 5.81. The highest BCUT2D eigenvalue weighted by atomic mass is 16.3. The van der Waals surface area contributed by atoms with Gasteiger partial charge in [-0.25, -0.2) is 0 Å². The number of hydrogen-bond acceptors (Lipinski definition) is 3. The Hall–Kier alpha value is -0.610. The minimum atomic E-state index is -0.439. The van der Waals surface area contributed by atoms with Crippen LogP contribution < -0.4 is 11.1 Å². The van der Waals surface area contributed by atoms with E-state index < -0.39 is 6.04 Å². The van der Waals surface area contributed by atoms with E-state index >= 15 is 0 Å². The molecule has 4 heteroatoms. The van der Waals surface area contributed by atoms with Crippen molar-refractivity contribution in [2.75, 3.05) is 6.61 Å². The van der Waals surface area contributed by atoms with Crippen LogP contribution in [0.1, 0.15) is 33.1 Å². The van der Waals surface area contributed by atoms with E-state index in [4.69, 9.17) is 10.8 Å². The van der Waals surface area contributed by atoms with Crippen LogP contribution in [0.15, 0.2) is 0 Å². The fourth-order valence-corrected chi connectivity index (χ4v) is 1.03. The van der Waals surface area contributed by atoms with Crippen LogP contribution in [0.5, 0.6) is 0 Å². The van der Waals surface area contributed by atoms with E-state index in [2.05, 4.69) is 5.32 Å². The zero-order valence-electron chi connectivity index (χ0n) is 8.42. The van der Waals surface area contributed by atoms with Crippen molar-refractivity contribution in [1.82, 2.24) is 5.32 Å². The third-order valence-electron chi connectivity index (χ3n) is 2.00. The molecule has 0 aliphatic rings. The minimum Gasteiger partial charge on any atom is -0.394 e. The standard InChI is InChI=1S/C9H20N2O2/c1-3-5-8(10)9(13)11-7(4-2)6-12/h7-8,12H,3-6,10H2,1-2H3,(H,11,13). The van der Waals surface area contributed by atoms with Gasteiger partial charge in [0.1, 0.15) is 0 Å². The first-order chi connectivity index (χ1) is 6.15. The highest BCUT2D eigenvalue weighted by Gasteiger charge is 2.15. The molecule has 78 valence electrons. The molecule has 4 nitrogen and oxygen atoms in total. The SMILES string of the molecule is CCCC(N)C(=O)NC(CC)CO. The van der Waals surface area contributed by atoms with Gasteiger partial charge >= 0.3 is 0 Å². The molecule has 0 bridgehead atoms. The summed E-state index contributed by atoms with van der Waals surface area (Å²) >= 11 is 0. The molecule has 13 heavy (non-hydrogen) atoms. The first-order valence-electron chi connectivity index (χ1n) is 4.82. The van der Waals surface area contributed by atoms with Crippen LogP contribution >= 0.6 is 0 Å². The van der Waals surface area contributed by atoms with E-state index in [9.17, 15) is 4.79 Å². The molecule has 0 spiro atoms. The average Bonchev–Trinajstić information content (AvgIpc) is 2.14. The van der Waals surface area contributed by atoms with E-state index in [1.807, 2.05) is 13.8 Å². The number of hydrogen-bond donors (Lipinski definition) is 3. The van der Waals surface area contributed by atoms with Crippen molar-refractivity contribution in [3.8, 4) is 0 Å². The van der Waals surface area contributed by atoms with Gasteiger partial charge < -0.3 is 16.2 Å². The highest BCUT2D eigenvalue weighted by Crippen LogP contribution is 1.95. The van der Waals surface area contributed by atoms with Crippen molar-refractivity contribution in [2.45, 2.75) is 45.2 Å². The number of carbonyl (C=O) groups excluding carboxylic acids is 1. The molecular weight excluding hydrogens is 168 g/mol. The van der Waals surface area contributed by atoms with Gasteiger partial charge in [-0.3, -0.25) is 4.79 Å². The van der Waals surface area contributed by atoms with Crippen molar-refractivity contribution < 1.29 is 9.90 Å². The monoisotopic (exact) mass is 188 g/mol. The first-order valence-corrected chi connectivity index (χ1v) is 4.82. The van der Waals surface area contributed by atoms with Gasteiger partial charge in [0.25, 0.3) is 0 Å². The van der Waals surface area contributed by atoms with Crippen molar-refractivity contribution in [1.29, 1.82) is 0 Å². The van der Waals surface area contributed by atoms with Crippen LogP contribution in [0.2, 0.25) is 0 Å². The molecule has 2 unspecified atom stereocenters. The molecule has 0 fully saturated rings. The Morgan fingerprint density at radius 2 is 2.15 bits per heavy atom. The number of aliphatic hydroxyl groups is 1. The van der Waals surface area contributed by atoms with Crippen molar-refractivity contribution in [3.63, 3.8) is 0 Å². The van der Waals surface area contributed by atoms with Gasteiger partial charge in [0.05, 0.1) is 18.7 Å². The summed E-state index contributed by atoms with van der Waals surface area (Å²) < 4.78 is 0. The Balaban J connectivity index is 3.83. The molecule has 4 N–H and O–H groups in total. The Morgan fingerprint density at radius 1 is 1.54 bits per heavy atom. The van der Waals surface area contributed by atoms with Gasteiger partial charge in [0, 0.05) is 0 Å². The van der Waals surface area contributed by atoms with E-state index in [-0.39, 0.29) is 18.6 Å². The molecule has 0 rings (SSSR count). The molecule has 0 aromatic heterocycles. The maximum Gasteiger partial charge on any atom is 0.237 e. The van der Waals surface area contributed by atoms with Crippen LogP contribution in [-0.2, 0) is 4.79 Å². The summed E-state index contributed by atoms with van der Waals surface area (Å²) in [5, 5.41) is 11.5. The van der Waals surface area contributed by atoms with E-state index in [1.54, 1.807) is 0 Å². The Morgan fingerprint density at radius 3 is 2.54 bits per heavy atom. The van der Waals surface area contributed by atoms with Gasteiger partial charge in [0.15, 0.2) is 0 Å². The molecule has 0 aromatic rings.